The first-order chi connectivity index (χ1) is 9.08. The third-order valence-corrected chi connectivity index (χ3v) is 3.18. The minimum atomic E-state index is -0.338. The lowest BCUT2D eigenvalue weighted by Gasteiger charge is -2.20. The van der Waals surface area contributed by atoms with Gasteiger partial charge in [0.2, 0.25) is 5.91 Å². The highest BCUT2D eigenvalue weighted by atomic mass is 16.5. The second kappa shape index (κ2) is 7.56. The molecule has 0 aliphatic heterocycles. The third kappa shape index (κ3) is 4.73. The molecule has 0 bridgehead atoms. The van der Waals surface area contributed by atoms with E-state index in [1.54, 1.807) is 0 Å². The first kappa shape index (κ1) is 15.2. The summed E-state index contributed by atoms with van der Waals surface area (Å²) in [4.78, 5) is 23.4. The first-order valence-corrected chi connectivity index (χ1v) is 6.50. The van der Waals surface area contributed by atoms with Gasteiger partial charge in [-0.2, -0.15) is 0 Å². The molecule has 2 atom stereocenters. The molecule has 4 nitrogen and oxygen atoms in total. The zero-order chi connectivity index (χ0) is 14.3. The van der Waals surface area contributed by atoms with Crippen LogP contribution < -0.4 is 5.32 Å². The molecule has 0 spiro atoms. The van der Waals surface area contributed by atoms with Crippen LogP contribution in [0.4, 0.5) is 0 Å². The van der Waals surface area contributed by atoms with E-state index in [0.717, 1.165) is 12.0 Å². The number of nitrogens with one attached hydrogen (secondary N) is 1. The van der Waals surface area contributed by atoms with Gasteiger partial charge in [-0.3, -0.25) is 9.59 Å². The smallest absolute Gasteiger partial charge is 0.307 e. The Kier molecular flexibility index (Phi) is 6.06. The third-order valence-electron chi connectivity index (χ3n) is 3.18. The van der Waals surface area contributed by atoms with Crippen LogP contribution in [-0.4, -0.2) is 19.0 Å². The number of hydrogen-bond donors (Lipinski definition) is 1. The molecular weight excluding hydrogens is 242 g/mol. The molecule has 104 valence electrons. The second-order valence-electron chi connectivity index (χ2n) is 4.56. The molecule has 0 heterocycles. The van der Waals surface area contributed by atoms with E-state index in [-0.39, 0.29) is 30.3 Å². The molecular formula is C15H21NO3. The van der Waals surface area contributed by atoms with Gasteiger partial charge in [0.15, 0.2) is 0 Å². The molecule has 0 saturated heterocycles. The number of hydrogen-bond acceptors (Lipinski definition) is 3. The number of carbonyl (C=O) groups excluding carboxylic acids is 2. The lowest BCUT2D eigenvalue weighted by molar-refractivity contribution is -0.141. The van der Waals surface area contributed by atoms with Gasteiger partial charge in [0, 0.05) is 5.92 Å². The molecule has 1 rings (SSSR count). The fourth-order valence-corrected chi connectivity index (χ4v) is 1.69. The van der Waals surface area contributed by atoms with E-state index in [0.29, 0.717) is 0 Å². The van der Waals surface area contributed by atoms with Gasteiger partial charge in [-0.1, -0.05) is 44.2 Å². The van der Waals surface area contributed by atoms with E-state index >= 15 is 0 Å². The number of ether oxygens (including phenoxy) is 1. The van der Waals surface area contributed by atoms with Crippen molar-refractivity contribution in [2.24, 2.45) is 5.92 Å². The van der Waals surface area contributed by atoms with Crippen LogP contribution >= 0.6 is 0 Å². The summed E-state index contributed by atoms with van der Waals surface area (Å²) < 4.78 is 4.68. The molecule has 1 N–H and O–H groups in total. The number of benzene rings is 1. The number of methoxy groups -OCH3 is 1. The fourth-order valence-electron chi connectivity index (χ4n) is 1.69. The highest BCUT2D eigenvalue weighted by molar-refractivity contribution is 5.79. The van der Waals surface area contributed by atoms with Gasteiger partial charge < -0.3 is 10.1 Å². The molecule has 0 fully saturated rings. The summed E-state index contributed by atoms with van der Waals surface area (Å²) in [5, 5.41) is 2.91. The highest BCUT2D eigenvalue weighted by Crippen LogP contribution is 2.18. The fraction of sp³-hybridized carbons (Fsp3) is 0.467. The van der Waals surface area contributed by atoms with Crippen molar-refractivity contribution in [2.45, 2.75) is 32.7 Å². The maximum atomic E-state index is 12.0. The van der Waals surface area contributed by atoms with Crippen molar-refractivity contribution < 1.29 is 14.3 Å². The molecule has 0 saturated carbocycles. The van der Waals surface area contributed by atoms with Gasteiger partial charge in [-0.25, -0.2) is 0 Å². The molecule has 19 heavy (non-hydrogen) atoms. The van der Waals surface area contributed by atoms with Crippen molar-refractivity contribution in [3.05, 3.63) is 35.9 Å². The van der Waals surface area contributed by atoms with Crippen LogP contribution in [0.3, 0.4) is 0 Å². The van der Waals surface area contributed by atoms with Crippen LogP contribution in [0, 0.1) is 5.92 Å². The van der Waals surface area contributed by atoms with Crippen LogP contribution in [0.1, 0.15) is 38.3 Å². The predicted molar refractivity (Wildman–Crippen MR) is 73.4 cm³/mol. The van der Waals surface area contributed by atoms with Crippen molar-refractivity contribution in [1.82, 2.24) is 5.32 Å². The minimum Gasteiger partial charge on any atom is -0.469 e. The van der Waals surface area contributed by atoms with E-state index < -0.39 is 0 Å². The van der Waals surface area contributed by atoms with Crippen LogP contribution in [0.25, 0.3) is 0 Å². The minimum absolute atomic E-state index is 0.0414. The molecule has 0 aliphatic rings. The normalized spacial score (nSPS) is 13.4. The van der Waals surface area contributed by atoms with Crippen molar-refractivity contribution in [3.8, 4) is 0 Å². The average Bonchev–Trinajstić information content (AvgIpc) is 2.46. The Balaban J connectivity index is 2.81. The van der Waals surface area contributed by atoms with Crippen LogP contribution in [0.15, 0.2) is 30.3 Å². The van der Waals surface area contributed by atoms with Gasteiger partial charge in [-0.05, 0) is 12.0 Å². The molecule has 1 aromatic rings. The molecule has 4 heteroatoms. The Labute approximate surface area is 114 Å². The summed E-state index contributed by atoms with van der Waals surface area (Å²) >= 11 is 0. The zero-order valence-corrected chi connectivity index (χ0v) is 11.7. The Morgan fingerprint density at radius 3 is 2.42 bits per heavy atom. The molecule has 1 aromatic carbocycles. The second-order valence-corrected chi connectivity index (χ2v) is 4.56. The van der Waals surface area contributed by atoms with Gasteiger partial charge in [0.05, 0.1) is 19.6 Å². The number of esters is 1. The van der Waals surface area contributed by atoms with E-state index in [4.69, 9.17) is 0 Å². The Bertz CT molecular complexity index is 417. The molecule has 0 aliphatic carbocycles. The number of amides is 1. The maximum absolute atomic E-state index is 12.0. The van der Waals surface area contributed by atoms with E-state index in [1.807, 2.05) is 44.2 Å². The number of carbonyl (C=O) groups is 2. The largest absolute Gasteiger partial charge is 0.469 e. The van der Waals surface area contributed by atoms with Gasteiger partial charge in [0.1, 0.15) is 0 Å². The summed E-state index contributed by atoms with van der Waals surface area (Å²) in [5.74, 6) is -0.442. The summed E-state index contributed by atoms with van der Waals surface area (Å²) in [6, 6.07) is 9.11. The average molecular weight is 263 g/mol. The van der Waals surface area contributed by atoms with Gasteiger partial charge in [-0.15, -0.1) is 0 Å². The van der Waals surface area contributed by atoms with Gasteiger partial charge in [0.25, 0.3) is 0 Å². The van der Waals surface area contributed by atoms with Crippen LogP contribution in [0.5, 0.6) is 0 Å². The highest BCUT2D eigenvalue weighted by Gasteiger charge is 2.20. The van der Waals surface area contributed by atoms with Crippen molar-refractivity contribution in [1.29, 1.82) is 0 Å². The van der Waals surface area contributed by atoms with Crippen molar-refractivity contribution in [3.63, 3.8) is 0 Å². The lowest BCUT2D eigenvalue weighted by Crippen LogP contribution is -2.34. The Morgan fingerprint density at radius 1 is 1.26 bits per heavy atom. The SMILES string of the molecule is CC[C@@H](C)C(=O)N[C@@H](CC(=O)OC)c1ccccc1. The number of rotatable bonds is 6. The molecule has 0 unspecified atom stereocenters. The first-order valence-electron chi connectivity index (χ1n) is 6.50. The zero-order valence-electron chi connectivity index (χ0n) is 11.7. The summed E-state index contributed by atoms with van der Waals surface area (Å²) in [6.07, 6.45) is 0.911. The maximum Gasteiger partial charge on any atom is 0.307 e. The van der Waals surface area contributed by atoms with E-state index in [2.05, 4.69) is 10.1 Å². The van der Waals surface area contributed by atoms with E-state index in [1.165, 1.54) is 7.11 Å². The molecule has 0 radical (unpaired) electrons. The predicted octanol–water partition coefficient (Wildman–Crippen LogP) is 2.45. The summed E-state index contributed by atoms with van der Waals surface area (Å²) in [7, 11) is 1.35. The molecule has 0 aromatic heterocycles. The Morgan fingerprint density at radius 2 is 1.89 bits per heavy atom. The summed E-state index contributed by atoms with van der Waals surface area (Å²) in [5.41, 5.74) is 0.907. The van der Waals surface area contributed by atoms with Crippen LogP contribution in [-0.2, 0) is 14.3 Å². The van der Waals surface area contributed by atoms with Crippen molar-refractivity contribution in [2.75, 3.05) is 7.11 Å². The lowest BCUT2D eigenvalue weighted by atomic mass is 10.0. The standard InChI is InChI=1S/C15H21NO3/c1-4-11(2)15(18)16-13(10-14(17)19-3)12-8-6-5-7-9-12/h5-9,11,13H,4,10H2,1-3H3,(H,16,18)/t11-,13+/m1/s1. The van der Waals surface area contributed by atoms with Crippen molar-refractivity contribution >= 4 is 11.9 Å². The van der Waals surface area contributed by atoms with Crippen LogP contribution in [0.2, 0.25) is 0 Å². The molecule has 1 amide bonds. The van der Waals surface area contributed by atoms with E-state index in [9.17, 15) is 9.59 Å². The topological polar surface area (TPSA) is 55.4 Å². The Hall–Kier alpha value is -1.84. The monoisotopic (exact) mass is 263 g/mol. The van der Waals surface area contributed by atoms with Gasteiger partial charge >= 0.3 is 5.97 Å². The quantitative estimate of drug-likeness (QED) is 0.802. The summed E-state index contributed by atoms with van der Waals surface area (Å²) in [6.45, 7) is 3.83.